The second kappa shape index (κ2) is 8.19. The number of nitrogens with one attached hydrogen (secondary N) is 1. The molecule has 0 saturated carbocycles. The lowest BCUT2D eigenvalue weighted by Crippen LogP contribution is -2.31. The van der Waals surface area contributed by atoms with Gasteiger partial charge in [0.1, 0.15) is 0 Å². The first kappa shape index (κ1) is 18.9. The number of fused-ring (bicyclic) bond motifs is 1. The second-order valence-electron chi connectivity index (χ2n) is 6.58. The Bertz CT molecular complexity index is 808. The maximum atomic E-state index is 12.7. The Hall–Kier alpha value is -1.91. The van der Waals surface area contributed by atoms with Crippen molar-refractivity contribution < 1.29 is 14.3 Å². The molecule has 2 aromatic carbocycles. The monoisotopic (exact) mass is 393 g/mol. The van der Waals surface area contributed by atoms with Crippen molar-refractivity contribution in [2.24, 2.45) is 5.92 Å². The van der Waals surface area contributed by atoms with E-state index in [-0.39, 0.29) is 17.9 Å². The number of hydrogen-bond donors (Lipinski definition) is 1. The Balaban J connectivity index is 1.84. The molecule has 138 valence electrons. The fourth-order valence-corrected chi connectivity index (χ4v) is 3.17. The standard InChI is InChI=1S/C20H21Cl2NO3/c1-12(2)19(23-20(24)14-4-6-15(21)16(22)10-14)13-5-7-17-18(11-13)26-9-3-8-25-17/h4-7,10-12,19H,3,8-9H2,1-2H3,(H,23,24)/t19-/m0/s1. The summed E-state index contributed by atoms with van der Waals surface area (Å²) in [6.45, 7) is 5.39. The molecule has 1 amide bonds. The summed E-state index contributed by atoms with van der Waals surface area (Å²) in [5, 5.41) is 3.86. The van der Waals surface area contributed by atoms with Crippen molar-refractivity contribution in [2.75, 3.05) is 13.2 Å². The Labute approximate surface area is 163 Å². The van der Waals surface area contributed by atoms with Crippen LogP contribution in [0.4, 0.5) is 0 Å². The van der Waals surface area contributed by atoms with Gasteiger partial charge < -0.3 is 14.8 Å². The van der Waals surface area contributed by atoms with Crippen LogP contribution in [-0.2, 0) is 0 Å². The molecule has 1 N–H and O–H groups in total. The molecule has 1 heterocycles. The molecule has 6 heteroatoms. The van der Waals surface area contributed by atoms with Gasteiger partial charge in [0.2, 0.25) is 0 Å². The molecule has 2 aromatic rings. The molecular weight excluding hydrogens is 373 g/mol. The second-order valence-corrected chi connectivity index (χ2v) is 7.40. The molecule has 0 aliphatic carbocycles. The fraction of sp³-hybridized carbons (Fsp3) is 0.350. The lowest BCUT2D eigenvalue weighted by molar-refractivity contribution is 0.0925. The molecule has 0 radical (unpaired) electrons. The highest BCUT2D eigenvalue weighted by molar-refractivity contribution is 6.42. The van der Waals surface area contributed by atoms with Gasteiger partial charge in [0, 0.05) is 12.0 Å². The van der Waals surface area contributed by atoms with Crippen LogP contribution < -0.4 is 14.8 Å². The van der Waals surface area contributed by atoms with Gasteiger partial charge in [0.25, 0.3) is 5.91 Å². The molecule has 0 fully saturated rings. The Morgan fingerprint density at radius 3 is 2.42 bits per heavy atom. The average molecular weight is 394 g/mol. The van der Waals surface area contributed by atoms with Crippen LogP contribution in [-0.4, -0.2) is 19.1 Å². The van der Waals surface area contributed by atoms with Crippen molar-refractivity contribution >= 4 is 29.1 Å². The van der Waals surface area contributed by atoms with Crippen LogP contribution in [0.5, 0.6) is 11.5 Å². The summed E-state index contributed by atoms with van der Waals surface area (Å²) in [6.07, 6.45) is 0.853. The third-order valence-electron chi connectivity index (χ3n) is 4.27. The van der Waals surface area contributed by atoms with Crippen LogP contribution in [0.1, 0.15) is 42.2 Å². The molecular formula is C20H21Cl2NO3. The van der Waals surface area contributed by atoms with Gasteiger partial charge in [-0.25, -0.2) is 0 Å². The minimum Gasteiger partial charge on any atom is -0.490 e. The van der Waals surface area contributed by atoms with Crippen molar-refractivity contribution in [3.8, 4) is 11.5 Å². The molecule has 1 atom stereocenters. The van der Waals surface area contributed by atoms with E-state index in [9.17, 15) is 4.79 Å². The van der Waals surface area contributed by atoms with Crippen LogP contribution in [0.2, 0.25) is 10.0 Å². The smallest absolute Gasteiger partial charge is 0.251 e. The molecule has 0 aromatic heterocycles. The summed E-state index contributed by atoms with van der Waals surface area (Å²) in [6, 6.07) is 10.5. The number of ether oxygens (including phenoxy) is 2. The van der Waals surface area contributed by atoms with Gasteiger partial charge in [-0.1, -0.05) is 43.1 Å². The predicted octanol–water partition coefficient (Wildman–Crippen LogP) is 5.28. The predicted molar refractivity (Wildman–Crippen MR) is 104 cm³/mol. The highest BCUT2D eigenvalue weighted by atomic mass is 35.5. The topological polar surface area (TPSA) is 47.6 Å². The van der Waals surface area contributed by atoms with Crippen LogP contribution in [0.3, 0.4) is 0 Å². The van der Waals surface area contributed by atoms with E-state index < -0.39 is 0 Å². The van der Waals surface area contributed by atoms with Crippen molar-refractivity contribution in [3.63, 3.8) is 0 Å². The summed E-state index contributed by atoms with van der Waals surface area (Å²) in [7, 11) is 0. The molecule has 26 heavy (non-hydrogen) atoms. The SMILES string of the molecule is CC(C)[C@H](NC(=O)c1ccc(Cl)c(Cl)c1)c1ccc2c(c1)OCCCO2. The summed E-state index contributed by atoms with van der Waals surface area (Å²) >= 11 is 12.0. The Morgan fingerprint density at radius 1 is 1.00 bits per heavy atom. The quantitative estimate of drug-likeness (QED) is 0.768. The fourth-order valence-electron chi connectivity index (χ4n) is 2.87. The van der Waals surface area contributed by atoms with E-state index in [4.69, 9.17) is 32.7 Å². The van der Waals surface area contributed by atoms with E-state index in [1.54, 1.807) is 18.2 Å². The maximum Gasteiger partial charge on any atom is 0.251 e. The molecule has 3 rings (SSSR count). The van der Waals surface area contributed by atoms with Gasteiger partial charge in [-0.15, -0.1) is 0 Å². The molecule has 4 nitrogen and oxygen atoms in total. The molecule has 0 unspecified atom stereocenters. The molecule has 1 aliphatic rings. The van der Waals surface area contributed by atoms with Gasteiger partial charge in [-0.3, -0.25) is 4.79 Å². The number of carbonyl (C=O) groups is 1. The van der Waals surface area contributed by atoms with Crippen LogP contribution in [0.25, 0.3) is 0 Å². The van der Waals surface area contributed by atoms with E-state index >= 15 is 0 Å². The van der Waals surface area contributed by atoms with Crippen LogP contribution in [0, 0.1) is 5.92 Å². The van der Waals surface area contributed by atoms with Crippen molar-refractivity contribution in [1.29, 1.82) is 0 Å². The first-order valence-corrected chi connectivity index (χ1v) is 9.37. The zero-order valence-corrected chi connectivity index (χ0v) is 16.2. The van der Waals surface area contributed by atoms with E-state index in [2.05, 4.69) is 19.2 Å². The zero-order chi connectivity index (χ0) is 18.7. The number of halogens is 2. The maximum absolute atomic E-state index is 12.7. The number of benzene rings is 2. The van der Waals surface area contributed by atoms with E-state index in [0.29, 0.717) is 28.8 Å². The molecule has 0 spiro atoms. The van der Waals surface area contributed by atoms with Gasteiger partial charge in [-0.2, -0.15) is 0 Å². The van der Waals surface area contributed by atoms with Crippen LogP contribution >= 0.6 is 23.2 Å². The van der Waals surface area contributed by atoms with Gasteiger partial charge in [-0.05, 0) is 41.8 Å². The molecule has 1 aliphatic heterocycles. The summed E-state index contributed by atoms with van der Waals surface area (Å²) < 4.78 is 11.4. The normalized spacial score (nSPS) is 14.7. The van der Waals surface area contributed by atoms with E-state index in [1.807, 2.05) is 18.2 Å². The third kappa shape index (κ3) is 4.25. The van der Waals surface area contributed by atoms with Crippen molar-refractivity contribution in [2.45, 2.75) is 26.3 Å². The number of carbonyl (C=O) groups excluding carboxylic acids is 1. The first-order chi connectivity index (χ1) is 12.5. The number of rotatable bonds is 4. The minimum atomic E-state index is -0.200. The average Bonchev–Trinajstić information content (AvgIpc) is 2.86. The summed E-state index contributed by atoms with van der Waals surface area (Å²) in [5.41, 5.74) is 1.44. The summed E-state index contributed by atoms with van der Waals surface area (Å²) in [4.78, 5) is 12.7. The lowest BCUT2D eigenvalue weighted by Gasteiger charge is -2.24. The lowest BCUT2D eigenvalue weighted by atomic mass is 9.95. The van der Waals surface area contributed by atoms with E-state index in [0.717, 1.165) is 23.5 Å². The summed E-state index contributed by atoms with van der Waals surface area (Å²) in [5.74, 6) is 1.44. The largest absolute Gasteiger partial charge is 0.490 e. The van der Waals surface area contributed by atoms with Crippen LogP contribution in [0.15, 0.2) is 36.4 Å². The zero-order valence-electron chi connectivity index (χ0n) is 14.7. The van der Waals surface area contributed by atoms with Gasteiger partial charge in [0.05, 0.1) is 29.3 Å². The Morgan fingerprint density at radius 2 is 1.73 bits per heavy atom. The van der Waals surface area contributed by atoms with Crippen molar-refractivity contribution in [3.05, 3.63) is 57.6 Å². The highest BCUT2D eigenvalue weighted by Gasteiger charge is 2.22. The van der Waals surface area contributed by atoms with E-state index in [1.165, 1.54) is 0 Å². The Kier molecular flexibility index (Phi) is 5.94. The molecule has 0 saturated heterocycles. The minimum absolute atomic E-state index is 0.172. The first-order valence-electron chi connectivity index (χ1n) is 8.61. The highest BCUT2D eigenvalue weighted by Crippen LogP contribution is 2.34. The van der Waals surface area contributed by atoms with Gasteiger partial charge >= 0.3 is 0 Å². The third-order valence-corrected chi connectivity index (χ3v) is 5.00. The number of amides is 1. The molecule has 0 bridgehead atoms. The van der Waals surface area contributed by atoms with Crippen molar-refractivity contribution in [1.82, 2.24) is 5.32 Å². The number of hydrogen-bond acceptors (Lipinski definition) is 3. The van der Waals surface area contributed by atoms with Gasteiger partial charge in [0.15, 0.2) is 11.5 Å².